The molecule has 2 aromatic heterocycles. The van der Waals surface area contributed by atoms with Crippen molar-refractivity contribution in [2.75, 3.05) is 0 Å². The number of halogens is 1. The molecular weight excluding hydrogens is 392 g/mol. The number of carbonyl (C=O) groups is 1. The molecule has 3 aromatic rings. The first-order valence-electron chi connectivity index (χ1n) is 8.87. The highest BCUT2D eigenvalue weighted by molar-refractivity contribution is 7.07. The van der Waals surface area contributed by atoms with Gasteiger partial charge in [-0.2, -0.15) is 0 Å². The zero-order valence-electron chi connectivity index (χ0n) is 16.0. The van der Waals surface area contributed by atoms with E-state index >= 15 is 0 Å². The fourth-order valence-corrected chi connectivity index (χ4v) is 3.77. The summed E-state index contributed by atoms with van der Waals surface area (Å²) in [5, 5.41) is 0.609. The molecule has 4 nitrogen and oxygen atoms in total. The van der Waals surface area contributed by atoms with E-state index in [2.05, 4.69) is 4.98 Å². The second-order valence-electron chi connectivity index (χ2n) is 7.48. The zero-order valence-corrected chi connectivity index (χ0v) is 17.6. The number of rotatable bonds is 4. The molecule has 3 rings (SSSR count). The van der Waals surface area contributed by atoms with Gasteiger partial charge < -0.3 is 0 Å². The van der Waals surface area contributed by atoms with Gasteiger partial charge in [-0.15, -0.1) is 11.3 Å². The van der Waals surface area contributed by atoms with E-state index in [1.807, 2.05) is 57.2 Å². The van der Waals surface area contributed by atoms with Crippen molar-refractivity contribution < 1.29 is 4.79 Å². The lowest BCUT2D eigenvalue weighted by atomic mass is 9.91. The number of hydrogen-bond acceptors (Lipinski definition) is 4. The Morgan fingerprint density at radius 3 is 2.64 bits per heavy atom. The summed E-state index contributed by atoms with van der Waals surface area (Å²) in [4.78, 5) is 29.9. The van der Waals surface area contributed by atoms with Crippen LogP contribution in [0, 0.1) is 5.41 Å². The SMILES string of the molecule is CC(C)(C)C(=O)/C=c1\s/c(=C\c2ccccn2)c(=O)n1Cc1cccc(Cl)c1. The van der Waals surface area contributed by atoms with Crippen LogP contribution in [0.3, 0.4) is 0 Å². The van der Waals surface area contributed by atoms with Crippen LogP contribution >= 0.6 is 22.9 Å². The summed E-state index contributed by atoms with van der Waals surface area (Å²) >= 11 is 7.38. The van der Waals surface area contributed by atoms with Crippen molar-refractivity contribution in [2.24, 2.45) is 5.41 Å². The van der Waals surface area contributed by atoms with Crippen LogP contribution in [0.15, 0.2) is 53.5 Å². The molecule has 0 bridgehead atoms. The summed E-state index contributed by atoms with van der Waals surface area (Å²) in [6.45, 7) is 5.93. The third kappa shape index (κ3) is 4.86. The predicted molar refractivity (Wildman–Crippen MR) is 115 cm³/mol. The Balaban J connectivity index is 2.18. The molecule has 144 valence electrons. The number of carbonyl (C=O) groups excluding carboxylic acids is 1. The zero-order chi connectivity index (χ0) is 20.3. The molecule has 0 atom stereocenters. The molecule has 2 heterocycles. The van der Waals surface area contributed by atoms with Crippen molar-refractivity contribution in [2.45, 2.75) is 27.3 Å². The number of thiazole rings is 1. The number of Topliss-reactive ketones (excluding diaryl/α,β-unsaturated/α-hetero) is 1. The molecule has 0 fully saturated rings. The van der Waals surface area contributed by atoms with Crippen molar-refractivity contribution in [1.82, 2.24) is 9.55 Å². The van der Waals surface area contributed by atoms with E-state index in [-0.39, 0.29) is 11.3 Å². The van der Waals surface area contributed by atoms with E-state index in [1.54, 1.807) is 29.0 Å². The molecule has 0 saturated carbocycles. The van der Waals surface area contributed by atoms with Gasteiger partial charge in [0.05, 0.1) is 16.8 Å². The van der Waals surface area contributed by atoms with Crippen molar-refractivity contribution >= 4 is 40.9 Å². The number of benzene rings is 1. The number of aromatic nitrogens is 2. The summed E-state index contributed by atoms with van der Waals surface area (Å²) < 4.78 is 2.77. The number of ketones is 1. The second-order valence-corrected chi connectivity index (χ2v) is 8.98. The van der Waals surface area contributed by atoms with Gasteiger partial charge >= 0.3 is 0 Å². The predicted octanol–water partition coefficient (Wildman–Crippen LogP) is 3.23. The molecular formula is C22H21ClN2O2S. The van der Waals surface area contributed by atoms with Crippen molar-refractivity contribution in [3.8, 4) is 0 Å². The van der Waals surface area contributed by atoms with Gasteiger partial charge in [-0.3, -0.25) is 19.1 Å². The fourth-order valence-electron chi connectivity index (χ4n) is 2.54. The van der Waals surface area contributed by atoms with Crippen LogP contribution in [0.5, 0.6) is 0 Å². The van der Waals surface area contributed by atoms with Crippen LogP contribution in [0.2, 0.25) is 5.02 Å². The van der Waals surface area contributed by atoms with E-state index < -0.39 is 5.41 Å². The van der Waals surface area contributed by atoms with Crippen LogP contribution in [0.25, 0.3) is 12.2 Å². The Kier molecular flexibility index (Phi) is 5.96. The van der Waals surface area contributed by atoms with Gasteiger partial charge in [-0.05, 0) is 35.9 Å². The van der Waals surface area contributed by atoms with E-state index in [1.165, 1.54) is 11.3 Å². The molecule has 0 aliphatic heterocycles. The Labute approximate surface area is 172 Å². The average Bonchev–Trinajstić information content (AvgIpc) is 2.91. The van der Waals surface area contributed by atoms with Crippen LogP contribution < -0.4 is 14.8 Å². The van der Waals surface area contributed by atoms with Crippen molar-refractivity contribution in [3.63, 3.8) is 0 Å². The van der Waals surface area contributed by atoms with Crippen LogP contribution in [-0.4, -0.2) is 15.3 Å². The quantitative estimate of drug-likeness (QED) is 0.661. The summed E-state index contributed by atoms with van der Waals surface area (Å²) in [5.41, 5.74) is 0.925. The van der Waals surface area contributed by atoms with Gasteiger partial charge in [0.25, 0.3) is 5.56 Å². The molecule has 0 radical (unpaired) electrons. The van der Waals surface area contributed by atoms with Crippen molar-refractivity contribution in [1.29, 1.82) is 0 Å². The third-order valence-electron chi connectivity index (χ3n) is 4.13. The van der Waals surface area contributed by atoms with Gasteiger partial charge in [0.1, 0.15) is 4.66 Å². The second kappa shape index (κ2) is 8.25. The minimum absolute atomic E-state index is 0.0296. The largest absolute Gasteiger partial charge is 0.294 e. The van der Waals surface area contributed by atoms with E-state index in [0.717, 1.165) is 5.56 Å². The lowest BCUT2D eigenvalue weighted by molar-refractivity contribution is -0.120. The molecule has 0 N–H and O–H groups in total. The fraction of sp³-hybridized carbons (Fsp3) is 0.227. The number of nitrogens with zero attached hydrogens (tertiary/aromatic N) is 2. The molecule has 0 saturated heterocycles. The molecule has 0 spiro atoms. The smallest absolute Gasteiger partial charge is 0.269 e. The van der Waals surface area contributed by atoms with Gasteiger partial charge in [0.15, 0.2) is 5.78 Å². The summed E-state index contributed by atoms with van der Waals surface area (Å²) in [7, 11) is 0. The average molecular weight is 413 g/mol. The lowest BCUT2D eigenvalue weighted by Crippen LogP contribution is -2.32. The van der Waals surface area contributed by atoms with Gasteiger partial charge in [-0.25, -0.2) is 0 Å². The summed E-state index contributed by atoms with van der Waals surface area (Å²) in [6.07, 6.45) is 4.99. The minimum atomic E-state index is -0.522. The molecule has 1 aromatic carbocycles. The maximum absolute atomic E-state index is 13.1. The summed E-state index contributed by atoms with van der Waals surface area (Å²) in [5.74, 6) is -0.0296. The van der Waals surface area contributed by atoms with Crippen LogP contribution in [0.4, 0.5) is 0 Å². The topological polar surface area (TPSA) is 52.0 Å². The molecule has 6 heteroatoms. The minimum Gasteiger partial charge on any atom is -0.294 e. The van der Waals surface area contributed by atoms with E-state index in [0.29, 0.717) is 26.5 Å². The monoisotopic (exact) mass is 412 g/mol. The normalized spacial score (nSPS) is 13.1. The van der Waals surface area contributed by atoms with E-state index in [4.69, 9.17) is 11.6 Å². The van der Waals surface area contributed by atoms with Gasteiger partial charge in [0.2, 0.25) is 0 Å². The standard InChI is InChI=1S/C22H21ClN2O2S/c1-22(2,3)19(26)13-20-25(14-15-7-6-8-16(23)11-15)21(27)18(28-20)12-17-9-4-5-10-24-17/h4-13H,14H2,1-3H3/b18-12-,20-13-. The highest BCUT2D eigenvalue weighted by Gasteiger charge is 2.19. The number of pyridine rings is 1. The van der Waals surface area contributed by atoms with Gasteiger partial charge in [-0.1, -0.05) is 50.6 Å². The molecule has 0 unspecified atom stereocenters. The molecule has 0 amide bonds. The first-order chi connectivity index (χ1) is 13.2. The number of hydrogen-bond donors (Lipinski definition) is 0. The highest BCUT2D eigenvalue weighted by atomic mass is 35.5. The lowest BCUT2D eigenvalue weighted by Gasteiger charge is -2.13. The Bertz CT molecular complexity index is 1170. The Hall–Kier alpha value is -2.50. The molecule has 0 aliphatic carbocycles. The highest BCUT2D eigenvalue weighted by Crippen LogP contribution is 2.15. The first kappa shape index (κ1) is 20.2. The third-order valence-corrected chi connectivity index (χ3v) is 5.42. The maximum Gasteiger partial charge on any atom is 0.269 e. The Morgan fingerprint density at radius 2 is 2.00 bits per heavy atom. The van der Waals surface area contributed by atoms with Gasteiger partial charge in [0, 0.05) is 22.7 Å². The maximum atomic E-state index is 13.1. The van der Waals surface area contributed by atoms with Crippen LogP contribution in [-0.2, 0) is 11.3 Å². The Morgan fingerprint density at radius 1 is 1.21 bits per heavy atom. The van der Waals surface area contributed by atoms with Crippen LogP contribution in [0.1, 0.15) is 32.0 Å². The van der Waals surface area contributed by atoms with E-state index in [9.17, 15) is 9.59 Å². The molecule has 28 heavy (non-hydrogen) atoms. The molecule has 0 aliphatic rings. The van der Waals surface area contributed by atoms with Crippen molar-refractivity contribution in [3.05, 3.63) is 84.5 Å². The first-order valence-corrected chi connectivity index (χ1v) is 10.1. The summed E-state index contributed by atoms with van der Waals surface area (Å²) in [6, 6.07) is 12.9.